The molecule has 0 aromatic carbocycles. The summed E-state index contributed by atoms with van der Waals surface area (Å²) >= 11 is 3.10. The molecule has 4 nitrogen and oxygen atoms in total. The molecular formula is C11H14ClN3OS2. The molecule has 0 aliphatic rings. The molecule has 2 aromatic heterocycles. The van der Waals surface area contributed by atoms with Crippen LogP contribution in [0.4, 0.5) is 5.13 Å². The minimum atomic E-state index is -0.00794. The Morgan fingerprint density at radius 1 is 1.44 bits per heavy atom. The van der Waals surface area contributed by atoms with Crippen LogP contribution in [0.3, 0.4) is 0 Å². The average molecular weight is 304 g/mol. The Balaban J connectivity index is 0.00000162. The summed E-state index contributed by atoms with van der Waals surface area (Å²) in [6, 6.07) is 4.01. The van der Waals surface area contributed by atoms with Gasteiger partial charge in [-0.25, -0.2) is 4.98 Å². The van der Waals surface area contributed by atoms with Crippen LogP contribution in [-0.2, 0) is 4.79 Å². The van der Waals surface area contributed by atoms with E-state index in [0.717, 1.165) is 10.6 Å². The molecule has 0 aliphatic carbocycles. The smallest absolute Gasteiger partial charge is 0.227 e. The third-order valence-electron chi connectivity index (χ3n) is 2.13. The van der Waals surface area contributed by atoms with Crippen molar-refractivity contribution in [1.29, 1.82) is 0 Å². The molecule has 98 valence electrons. The number of thiazole rings is 1. The van der Waals surface area contributed by atoms with E-state index >= 15 is 0 Å². The number of rotatable bonds is 5. The third-order valence-corrected chi connectivity index (χ3v) is 3.78. The predicted molar refractivity (Wildman–Crippen MR) is 79.8 cm³/mol. The summed E-state index contributed by atoms with van der Waals surface area (Å²) in [5.74, 6) is -0.00794. The normalized spacial score (nSPS) is 9.83. The number of carbonyl (C=O) groups excluding carboxylic acids is 1. The summed E-state index contributed by atoms with van der Waals surface area (Å²) in [5, 5.41) is 10.4. The lowest BCUT2D eigenvalue weighted by atomic mass is 10.4. The quantitative estimate of drug-likeness (QED) is 0.893. The fourth-order valence-corrected chi connectivity index (χ4v) is 2.78. The standard InChI is InChI=1S/C11H13N3OS2.ClH/c1-12-5-4-10(15)14-11-13-8(7-17-11)9-3-2-6-16-9;/h2-3,6-7,12H,4-5H2,1H3,(H,13,14,15);1H. The van der Waals surface area contributed by atoms with Gasteiger partial charge in [0.1, 0.15) is 0 Å². The molecule has 0 bridgehead atoms. The van der Waals surface area contributed by atoms with Crippen LogP contribution < -0.4 is 10.6 Å². The average Bonchev–Trinajstić information content (AvgIpc) is 2.95. The van der Waals surface area contributed by atoms with Crippen LogP contribution in [0.2, 0.25) is 0 Å². The van der Waals surface area contributed by atoms with Gasteiger partial charge in [-0.2, -0.15) is 0 Å². The van der Waals surface area contributed by atoms with Gasteiger partial charge in [-0.05, 0) is 18.5 Å². The van der Waals surface area contributed by atoms with Gasteiger partial charge in [0.15, 0.2) is 5.13 Å². The van der Waals surface area contributed by atoms with Gasteiger partial charge in [-0.15, -0.1) is 35.1 Å². The Kier molecular flexibility index (Phi) is 6.28. The molecule has 2 aromatic rings. The first kappa shape index (κ1) is 15.1. The molecule has 2 rings (SSSR count). The van der Waals surface area contributed by atoms with Crippen LogP contribution in [0.1, 0.15) is 6.42 Å². The van der Waals surface area contributed by atoms with Crippen molar-refractivity contribution in [3.05, 3.63) is 22.9 Å². The first-order valence-electron chi connectivity index (χ1n) is 5.23. The second kappa shape index (κ2) is 7.48. The lowest BCUT2D eigenvalue weighted by molar-refractivity contribution is -0.116. The van der Waals surface area contributed by atoms with E-state index < -0.39 is 0 Å². The van der Waals surface area contributed by atoms with Crippen LogP contribution in [0.25, 0.3) is 10.6 Å². The molecule has 0 saturated carbocycles. The molecule has 0 saturated heterocycles. The maximum absolute atomic E-state index is 11.5. The number of carbonyl (C=O) groups is 1. The number of nitrogens with zero attached hydrogens (tertiary/aromatic N) is 1. The van der Waals surface area contributed by atoms with Crippen LogP contribution in [0.15, 0.2) is 22.9 Å². The highest BCUT2D eigenvalue weighted by Gasteiger charge is 2.07. The Hall–Kier alpha value is -0.950. The second-order valence-corrected chi connectivity index (χ2v) is 5.22. The van der Waals surface area contributed by atoms with Crippen molar-refractivity contribution in [2.75, 3.05) is 18.9 Å². The fraction of sp³-hybridized carbons (Fsp3) is 0.273. The molecule has 18 heavy (non-hydrogen) atoms. The van der Waals surface area contributed by atoms with Gasteiger partial charge in [-0.1, -0.05) is 6.07 Å². The Bertz CT molecular complexity index is 484. The van der Waals surface area contributed by atoms with Gasteiger partial charge in [0.2, 0.25) is 5.91 Å². The van der Waals surface area contributed by atoms with Crippen molar-refractivity contribution in [2.45, 2.75) is 6.42 Å². The van der Waals surface area contributed by atoms with Gasteiger partial charge in [-0.3, -0.25) is 4.79 Å². The molecule has 0 atom stereocenters. The van der Waals surface area contributed by atoms with Crippen molar-refractivity contribution in [1.82, 2.24) is 10.3 Å². The van der Waals surface area contributed by atoms with Crippen LogP contribution in [-0.4, -0.2) is 24.5 Å². The number of hydrogen-bond acceptors (Lipinski definition) is 5. The van der Waals surface area contributed by atoms with E-state index in [2.05, 4.69) is 15.6 Å². The number of anilines is 1. The Labute approximate surface area is 120 Å². The van der Waals surface area contributed by atoms with E-state index in [1.165, 1.54) is 11.3 Å². The Morgan fingerprint density at radius 3 is 2.94 bits per heavy atom. The largest absolute Gasteiger partial charge is 0.319 e. The van der Waals surface area contributed by atoms with Crippen LogP contribution >= 0.6 is 35.1 Å². The molecule has 0 fully saturated rings. The van der Waals surface area contributed by atoms with Crippen LogP contribution in [0.5, 0.6) is 0 Å². The van der Waals surface area contributed by atoms with E-state index in [0.29, 0.717) is 18.1 Å². The summed E-state index contributed by atoms with van der Waals surface area (Å²) in [5.41, 5.74) is 0.925. The summed E-state index contributed by atoms with van der Waals surface area (Å²) in [6.07, 6.45) is 0.463. The number of nitrogens with one attached hydrogen (secondary N) is 2. The molecule has 0 unspecified atom stereocenters. The Morgan fingerprint density at radius 2 is 2.28 bits per heavy atom. The van der Waals surface area contributed by atoms with E-state index in [-0.39, 0.29) is 18.3 Å². The number of halogens is 1. The molecule has 7 heteroatoms. The lowest BCUT2D eigenvalue weighted by Crippen LogP contribution is -2.18. The minimum absolute atomic E-state index is 0. The highest BCUT2D eigenvalue weighted by molar-refractivity contribution is 7.16. The van der Waals surface area contributed by atoms with Gasteiger partial charge in [0.05, 0.1) is 10.6 Å². The monoisotopic (exact) mass is 303 g/mol. The zero-order valence-corrected chi connectivity index (χ0v) is 12.3. The molecule has 1 amide bonds. The van der Waals surface area contributed by atoms with Gasteiger partial charge >= 0.3 is 0 Å². The van der Waals surface area contributed by atoms with E-state index in [9.17, 15) is 4.79 Å². The molecule has 0 spiro atoms. The molecule has 0 radical (unpaired) electrons. The molecule has 0 aliphatic heterocycles. The third kappa shape index (κ3) is 4.06. The molecule has 2 N–H and O–H groups in total. The second-order valence-electron chi connectivity index (χ2n) is 3.42. The summed E-state index contributed by atoms with van der Waals surface area (Å²) < 4.78 is 0. The summed E-state index contributed by atoms with van der Waals surface area (Å²) in [7, 11) is 1.82. The van der Waals surface area contributed by atoms with Gasteiger partial charge < -0.3 is 10.6 Å². The van der Waals surface area contributed by atoms with E-state index in [1.807, 2.05) is 29.9 Å². The minimum Gasteiger partial charge on any atom is -0.319 e. The SMILES string of the molecule is CNCCC(=O)Nc1nc(-c2cccs2)cs1.Cl. The number of aromatic nitrogens is 1. The summed E-state index contributed by atoms with van der Waals surface area (Å²) in [4.78, 5) is 17.0. The van der Waals surface area contributed by atoms with Crippen molar-refractivity contribution >= 4 is 46.1 Å². The highest BCUT2D eigenvalue weighted by atomic mass is 35.5. The molecule has 2 heterocycles. The zero-order valence-electron chi connectivity index (χ0n) is 9.80. The molecular weight excluding hydrogens is 290 g/mol. The topological polar surface area (TPSA) is 54.0 Å². The van der Waals surface area contributed by atoms with Crippen molar-refractivity contribution in [3.8, 4) is 10.6 Å². The number of thiophene rings is 1. The number of amides is 1. The first-order valence-corrected chi connectivity index (χ1v) is 6.99. The van der Waals surface area contributed by atoms with E-state index in [1.54, 1.807) is 11.3 Å². The van der Waals surface area contributed by atoms with E-state index in [4.69, 9.17) is 0 Å². The first-order chi connectivity index (χ1) is 8.29. The highest BCUT2D eigenvalue weighted by Crippen LogP contribution is 2.28. The van der Waals surface area contributed by atoms with Crippen molar-refractivity contribution in [3.63, 3.8) is 0 Å². The van der Waals surface area contributed by atoms with Crippen molar-refractivity contribution < 1.29 is 4.79 Å². The zero-order chi connectivity index (χ0) is 12.1. The maximum atomic E-state index is 11.5. The fourth-order valence-electron chi connectivity index (χ4n) is 1.29. The van der Waals surface area contributed by atoms with Crippen molar-refractivity contribution in [2.24, 2.45) is 0 Å². The van der Waals surface area contributed by atoms with Crippen LogP contribution in [0, 0.1) is 0 Å². The van der Waals surface area contributed by atoms with Gasteiger partial charge in [0, 0.05) is 18.3 Å². The predicted octanol–water partition coefficient (Wildman–Crippen LogP) is 2.84. The van der Waals surface area contributed by atoms with Gasteiger partial charge in [0.25, 0.3) is 0 Å². The lowest BCUT2D eigenvalue weighted by Gasteiger charge is -2.00. The summed E-state index contributed by atoms with van der Waals surface area (Å²) in [6.45, 7) is 0.676. The number of hydrogen-bond donors (Lipinski definition) is 2. The maximum Gasteiger partial charge on any atom is 0.227 e.